The molecule has 3 aliphatic rings. The number of likely N-dealkylation sites (N-methyl/N-ethyl adjacent to an activating group) is 1. The number of fused-ring (bicyclic) bond motifs is 5. The molecular weight excluding hydrogens is 735 g/mol. The van der Waals surface area contributed by atoms with Crippen LogP contribution in [0.4, 0.5) is 26.2 Å². The molecule has 3 aromatic heterocycles. The number of likely N-dealkylation sites (tertiary alicyclic amines) is 1. The Kier molecular flexibility index (Phi) is 10.1. The molecule has 7 rings (SSSR count). The summed E-state index contributed by atoms with van der Waals surface area (Å²) in [4.78, 5) is 82.6. The molecule has 2 fully saturated rings. The van der Waals surface area contributed by atoms with E-state index in [1.165, 1.54) is 28.8 Å². The number of anilines is 2. The number of pyridine rings is 3. The van der Waals surface area contributed by atoms with Gasteiger partial charge in [0.2, 0.25) is 11.1 Å². The number of carbonyl (C=O) groups is 4. The van der Waals surface area contributed by atoms with E-state index in [4.69, 9.17) is 21.4 Å². The molecule has 2 N–H and O–H groups in total. The fraction of sp³-hybridized carbons (Fsp3) is 0.415. The van der Waals surface area contributed by atoms with Gasteiger partial charge in [0.15, 0.2) is 5.78 Å². The maximum atomic E-state index is 16.1. The van der Waals surface area contributed by atoms with Crippen LogP contribution in [0.3, 0.4) is 0 Å². The number of carboxylic acid groups (broad SMARTS) is 1. The zero-order valence-electron chi connectivity index (χ0n) is 32.6. The summed E-state index contributed by atoms with van der Waals surface area (Å²) in [5.41, 5.74) is 2.63. The van der Waals surface area contributed by atoms with Crippen LogP contribution >= 0.6 is 0 Å². The van der Waals surface area contributed by atoms with Crippen LogP contribution in [0.1, 0.15) is 61.6 Å². The fourth-order valence-corrected chi connectivity index (χ4v) is 8.30. The number of aliphatic carboxylic acids is 1. The van der Waals surface area contributed by atoms with Crippen LogP contribution in [0.25, 0.3) is 38.1 Å². The molecule has 296 valence electrons. The van der Waals surface area contributed by atoms with Crippen molar-refractivity contribution in [3.05, 3.63) is 75.0 Å². The summed E-state index contributed by atoms with van der Waals surface area (Å²) in [6.45, 7) is 15.2. The molecule has 5 heterocycles. The highest BCUT2D eigenvalue weighted by atomic mass is 19.1. The summed E-state index contributed by atoms with van der Waals surface area (Å²) in [6.07, 6.45) is 4.45. The monoisotopic (exact) mass is 778 g/mol. The number of halogens is 1. The van der Waals surface area contributed by atoms with Gasteiger partial charge in [0.05, 0.1) is 42.0 Å². The van der Waals surface area contributed by atoms with Gasteiger partial charge >= 0.3 is 12.1 Å². The molecule has 57 heavy (non-hydrogen) atoms. The molecule has 16 heteroatoms. The number of hydrogen-bond acceptors (Lipinski definition) is 10. The lowest BCUT2D eigenvalue weighted by Gasteiger charge is -2.31. The van der Waals surface area contributed by atoms with Crippen molar-refractivity contribution in [2.75, 3.05) is 50.1 Å². The minimum Gasteiger partial charge on any atom is -0.481 e. The van der Waals surface area contributed by atoms with Gasteiger partial charge in [0, 0.05) is 93.5 Å². The maximum Gasteiger partial charge on any atom is 0.414 e. The normalized spacial score (nSPS) is 17.2. The SMILES string of the molecule is [C-]#[N+]c1c(F)cc(N(C)C(=O)OC(C)(C)C)c2c1-c1c(ncc(-c3cnc4c(c3)c(=O)c(C(=O)NCC(=O)CCC(=O)O)cn4C)c1N1CC[C@H]3CN(C)C[C@H]31)C2. The number of benzene rings is 1. The van der Waals surface area contributed by atoms with Gasteiger partial charge in [0.1, 0.15) is 22.6 Å². The van der Waals surface area contributed by atoms with Crippen LogP contribution in [0.2, 0.25) is 0 Å². The molecule has 2 amide bonds. The lowest BCUT2D eigenvalue weighted by molar-refractivity contribution is -0.138. The number of nitrogens with zero attached hydrogens (tertiary/aromatic N) is 7. The van der Waals surface area contributed by atoms with Crippen molar-refractivity contribution in [2.45, 2.75) is 58.1 Å². The molecule has 0 unspecified atom stereocenters. The van der Waals surface area contributed by atoms with Crippen molar-refractivity contribution >= 4 is 51.8 Å². The second-order valence-corrected chi connectivity index (χ2v) is 16.0. The average Bonchev–Trinajstić information content (AvgIpc) is 3.85. The Hall–Kier alpha value is -6.21. The lowest BCUT2D eigenvalue weighted by Crippen LogP contribution is -2.35. The first-order valence-electron chi connectivity index (χ1n) is 18.7. The smallest absolute Gasteiger partial charge is 0.414 e. The Balaban J connectivity index is 1.39. The number of ether oxygens (including phenoxy) is 1. The topological polar surface area (TPSA) is 172 Å². The fourth-order valence-electron chi connectivity index (χ4n) is 8.30. The van der Waals surface area contributed by atoms with Gasteiger partial charge in [0.25, 0.3) is 5.91 Å². The van der Waals surface area contributed by atoms with E-state index in [2.05, 4.69) is 32.0 Å². The summed E-state index contributed by atoms with van der Waals surface area (Å²) in [7, 11) is 5.21. The molecule has 0 radical (unpaired) electrons. The van der Waals surface area contributed by atoms with Crippen molar-refractivity contribution in [3.8, 4) is 22.3 Å². The minimum absolute atomic E-state index is 0.0907. The van der Waals surface area contributed by atoms with Crippen molar-refractivity contribution in [2.24, 2.45) is 13.0 Å². The second-order valence-electron chi connectivity index (χ2n) is 16.0. The van der Waals surface area contributed by atoms with Crippen molar-refractivity contribution < 1.29 is 33.4 Å². The molecule has 0 spiro atoms. The Labute approximate surface area is 327 Å². The first-order chi connectivity index (χ1) is 27.0. The Morgan fingerprint density at radius 3 is 2.56 bits per heavy atom. The van der Waals surface area contributed by atoms with Crippen LogP contribution in [-0.4, -0.2) is 100 Å². The molecule has 15 nitrogen and oxygen atoms in total. The molecule has 2 atom stereocenters. The Morgan fingerprint density at radius 2 is 1.86 bits per heavy atom. The van der Waals surface area contributed by atoms with E-state index in [0.29, 0.717) is 51.6 Å². The molecule has 0 bridgehead atoms. The van der Waals surface area contributed by atoms with Gasteiger partial charge in [-0.05, 0) is 57.9 Å². The highest BCUT2D eigenvalue weighted by Crippen LogP contribution is 2.55. The lowest BCUT2D eigenvalue weighted by atomic mass is 9.95. The van der Waals surface area contributed by atoms with Crippen LogP contribution in [0, 0.1) is 18.3 Å². The zero-order valence-corrected chi connectivity index (χ0v) is 32.6. The van der Waals surface area contributed by atoms with E-state index in [9.17, 15) is 24.0 Å². The quantitative estimate of drug-likeness (QED) is 0.195. The van der Waals surface area contributed by atoms with E-state index in [0.717, 1.165) is 25.2 Å². The number of hydrogen-bond donors (Lipinski definition) is 2. The number of amides is 2. The first kappa shape index (κ1) is 39.0. The van der Waals surface area contributed by atoms with Gasteiger partial charge in [-0.2, -0.15) is 0 Å². The van der Waals surface area contributed by atoms with E-state index in [1.54, 1.807) is 46.3 Å². The summed E-state index contributed by atoms with van der Waals surface area (Å²) < 4.78 is 23.3. The number of rotatable bonds is 9. The van der Waals surface area contributed by atoms with Crippen LogP contribution in [0.15, 0.2) is 35.5 Å². The van der Waals surface area contributed by atoms with Gasteiger partial charge < -0.3 is 29.5 Å². The highest BCUT2D eigenvalue weighted by molar-refractivity contribution is 6.04. The summed E-state index contributed by atoms with van der Waals surface area (Å²) in [5.74, 6) is -2.86. The number of aryl methyl sites for hydroxylation is 1. The second kappa shape index (κ2) is 14.7. The van der Waals surface area contributed by atoms with Crippen molar-refractivity contribution in [1.82, 2.24) is 24.8 Å². The molecule has 0 saturated carbocycles. The predicted molar refractivity (Wildman–Crippen MR) is 210 cm³/mol. The molecule has 1 aliphatic carbocycles. The van der Waals surface area contributed by atoms with E-state index in [1.807, 2.05) is 0 Å². The number of Topliss-reactive ketones (excluding diaryl/α,β-unsaturated/α-hetero) is 1. The largest absolute Gasteiger partial charge is 0.481 e. The number of carbonyl (C=O) groups excluding carboxylic acids is 3. The predicted octanol–water partition coefficient (Wildman–Crippen LogP) is 4.93. The minimum atomic E-state index is -1.14. The first-order valence-corrected chi connectivity index (χ1v) is 18.7. The van der Waals surface area contributed by atoms with E-state index >= 15 is 4.39 Å². The third kappa shape index (κ3) is 7.19. The number of nitrogens with one attached hydrogen (secondary N) is 1. The van der Waals surface area contributed by atoms with Crippen molar-refractivity contribution in [1.29, 1.82) is 0 Å². The highest BCUT2D eigenvalue weighted by Gasteiger charge is 2.44. The van der Waals surface area contributed by atoms with Crippen molar-refractivity contribution in [3.63, 3.8) is 0 Å². The van der Waals surface area contributed by atoms with E-state index in [-0.39, 0.29) is 47.6 Å². The maximum absolute atomic E-state index is 16.1. The van der Waals surface area contributed by atoms with Gasteiger partial charge in [-0.25, -0.2) is 19.0 Å². The molecule has 2 saturated heterocycles. The molecule has 4 aromatic rings. The molecule has 2 aliphatic heterocycles. The number of aromatic nitrogens is 3. The Morgan fingerprint density at radius 1 is 1.11 bits per heavy atom. The standard InChI is InChI=1S/C41H43FN8O7/c1-41(2,3)57-40(56)49(7)30-14-28(42)35(43-4)33-24(30)13-29-34(33)36(50-11-10-21-18-47(5)20-31(21)50)26(17-44-29)22-12-25-37(54)27(19-48(6)38(25)45-15-22)39(55)46-16-23(51)8-9-32(52)53/h12,14-15,17,19,21,31H,8-11,13,16,18,20H2,1-3,5-7H3,(H,46,55)(H,52,53)/t21-,31+/m0/s1. The summed E-state index contributed by atoms with van der Waals surface area (Å²) in [5, 5.41) is 11.4. The Bertz CT molecular complexity index is 2490. The van der Waals surface area contributed by atoms with E-state index < -0.39 is 47.1 Å². The van der Waals surface area contributed by atoms with Crippen LogP contribution < -0.4 is 20.5 Å². The summed E-state index contributed by atoms with van der Waals surface area (Å²) in [6, 6.07) is 2.93. The zero-order chi connectivity index (χ0) is 41.1. The third-order valence-corrected chi connectivity index (χ3v) is 10.9. The molecular formula is C41H43FN8O7. The number of carboxylic acids is 1. The van der Waals surface area contributed by atoms with Gasteiger partial charge in [-0.1, -0.05) is 0 Å². The summed E-state index contributed by atoms with van der Waals surface area (Å²) >= 11 is 0. The van der Waals surface area contributed by atoms with Gasteiger partial charge in [-0.15, -0.1) is 0 Å². The van der Waals surface area contributed by atoms with Crippen LogP contribution in [-0.2, 0) is 27.8 Å². The average molecular weight is 779 g/mol. The van der Waals surface area contributed by atoms with Crippen LogP contribution in [0.5, 0.6) is 0 Å². The van der Waals surface area contributed by atoms with Gasteiger partial charge in [-0.3, -0.25) is 29.1 Å². The molecule has 1 aromatic carbocycles. The number of ketones is 1. The third-order valence-electron chi connectivity index (χ3n) is 10.9.